The number of benzene rings is 1. The first-order valence-electron chi connectivity index (χ1n) is 7.71. The minimum absolute atomic E-state index is 0.329. The second kappa shape index (κ2) is 6.94. The predicted molar refractivity (Wildman–Crippen MR) is 84.1 cm³/mol. The van der Waals surface area contributed by atoms with Gasteiger partial charge in [-0.05, 0) is 51.6 Å². The topological polar surface area (TPSA) is 50.4 Å². The van der Waals surface area contributed by atoms with Gasteiger partial charge in [-0.2, -0.15) is 0 Å². The van der Waals surface area contributed by atoms with Crippen LogP contribution in [-0.4, -0.2) is 24.8 Å². The highest BCUT2D eigenvalue weighted by atomic mass is 16.6. The zero-order chi connectivity index (χ0) is 15.3. The van der Waals surface area contributed by atoms with Crippen LogP contribution in [0.25, 0.3) is 0 Å². The molecule has 0 bridgehead atoms. The Hall–Kier alpha value is -1.55. The molecule has 1 fully saturated rings. The lowest BCUT2D eigenvalue weighted by Crippen LogP contribution is -2.33. The summed E-state index contributed by atoms with van der Waals surface area (Å²) in [5, 5.41) is 6.40. The lowest BCUT2D eigenvalue weighted by Gasteiger charge is -2.22. The number of carbonyl (C=O) groups excluding carboxylic acids is 1. The second-order valence-electron chi connectivity index (χ2n) is 6.61. The molecule has 2 atom stereocenters. The molecule has 4 heteroatoms. The van der Waals surface area contributed by atoms with Crippen molar-refractivity contribution in [2.45, 2.75) is 45.3 Å². The standard InChI is InChI=1S/C17H26N2O2/c1-17(2,3)21-16(20)19-12-10-14-9-11-18-15(14)13-7-5-4-6-8-13/h4-8,14-15,18H,9-12H2,1-3H3,(H,19,20). The minimum atomic E-state index is -0.439. The number of hydrogen-bond acceptors (Lipinski definition) is 3. The zero-order valence-corrected chi connectivity index (χ0v) is 13.2. The SMILES string of the molecule is CC(C)(C)OC(=O)NCCC1CCNC1c1ccccc1. The molecule has 1 heterocycles. The quantitative estimate of drug-likeness (QED) is 0.895. The van der Waals surface area contributed by atoms with Crippen LogP contribution in [-0.2, 0) is 4.74 Å². The molecule has 0 aromatic heterocycles. The van der Waals surface area contributed by atoms with Gasteiger partial charge in [0.15, 0.2) is 0 Å². The van der Waals surface area contributed by atoms with Crippen LogP contribution in [0.1, 0.15) is 45.2 Å². The number of carbonyl (C=O) groups is 1. The highest BCUT2D eigenvalue weighted by molar-refractivity contribution is 5.67. The summed E-state index contributed by atoms with van der Waals surface area (Å²) in [5.41, 5.74) is 0.892. The lowest BCUT2D eigenvalue weighted by molar-refractivity contribution is 0.0524. The number of hydrogen-bond donors (Lipinski definition) is 2. The summed E-state index contributed by atoms with van der Waals surface area (Å²) in [6.07, 6.45) is 1.78. The van der Waals surface area contributed by atoms with Gasteiger partial charge in [-0.1, -0.05) is 30.3 Å². The minimum Gasteiger partial charge on any atom is -0.444 e. The lowest BCUT2D eigenvalue weighted by atomic mass is 9.91. The number of ether oxygens (including phenoxy) is 1. The van der Waals surface area contributed by atoms with Crippen molar-refractivity contribution in [1.29, 1.82) is 0 Å². The number of nitrogens with one attached hydrogen (secondary N) is 2. The fraction of sp³-hybridized carbons (Fsp3) is 0.588. The first-order valence-corrected chi connectivity index (χ1v) is 7.71. The molecule has 0 radical (unpaired) electrons. The third-order valence-electron chi connectivity index (χ3n) is 3.69. The van der Waals surface area contributed by atoms with E-state index in [4.69, 9.17) is 4.74 Å². The van der Waals surface area contributed by atoms with E-state index in [2.05, 4.69) is 34.9 Å². The van der Waals surface area contributed by atoms with Crippen LogP contribution in [0.4, 0.5) is 4.79 Å². The zero-order valence-electron chi connectivity index (χ0n) is 13.2. The average Bonchev–Trinajstić information content (AvgIpc) is 2.86. The smallest absolute Gasteiger partial charge is 0.407 e. The summed E-state index contributed by atoms with van der Waals surface area (Å²) in [4.78, 5) is 11.6. The molecule has 21 heavy (non-hydrogen) atoms. The predicted octanol–water partition coefficient (Wildman–Crippen LogP) is 3.25. The second-order valence-corrected chi connectivity index (χ2v) is 6.61. The Bertz CT molecular complexity index is 454. The molecule has 1 aliphatic rings. The van der Waals surface area contributed by atoms with Gasteiger partial charge in [0.1, 0.15) is 5.60 Å². The highest BCUT2D eigenvalue weighted by Gasteiger charge is 2.27. The molecular weight excluding hydrogens is 264 g/mol. The van der Waals surface area contributed by atoms with Crippen molar-refractivity contribution in [3.05, 3.63) is 35.9 Å². The van der Waals surface area contributed by atoms with Crippen LogP contribution in [0, 0.1) is 5.92 Å². The van der Waals surface area contributed by atoms with Crippen molar-refractivity contribution in [2.75, 3.05) is 13.1 Å². The fourth-order valence-corrected chi connectivity index (χ4v) is 2.79. The number of amides is 1. The van der Waals surface area contributed by atoms with E-state index in [9.17, 15) is 4.79 Å². The van der Waals surface area contributed by atoms with Crippen LogP contribution in [0.15, 0.2) is 30.3 Å². The van der Waals surface area contributed by atoms with E-state index in [-0.39, 0.29) is 6.09 Å². The van der Waals surface area contributed by atoms with Crippen molar-refractivity contribution in [1.82, 2.24) is 10.6 Å². The first-order chi connectivity index (χ1) is 9.96. The van der Waals surface area contributed by atoms with Crippen molar-refractivity contribution in [3.63, 3.8) is 0 Å². The Morgan fingerprint density at radius 2 is 2.05 bits per heavy atom. The Labute approximate surface area is 127 Å². The molecule has 1 amide bonds. The van der Waals surface area contributed by atoms with Crippen LogP contribution >= 0.6 is 0 Å². The van der Waals surface area contributed by atoms with E-state index in [1.165, 1.54) is 5.56 Å². The maximum Gasteiger partial charge on any atom is 0.407 e. The van der Waals surface area contributed by atoms with Gasteiger partial charge in [0.25, 0.3) is 0 Å². The van der Waals surface area contributed by atoms with Gasteiger partial charge in [0.2, 0.25) is 0 Å². The van der Waals surface area contributed by atoms with Crippen LogP contribution in [0.2, 0.25) is 0 Å². The summed E-state index contributed by atoms with van der Waals surface area (Å²) < 4.78 is 5.25. The molecule has 1 saturated heterocycles. The van der Waals surface area contributed by atoms with Crippen LogP contribution in [0.3, 0.4) is 0 Å². The Morgan fingerprint density at radius 3 is 2.71 bits per heavy atom. The molecule has 0 spiro atoms. The van der Waals surface area contributed by atoms with Gasteiger partial charge in [-0.15, -0.1) is 0 Å². The molecule has 0 aliphatic carbocycles. The Balaban J connectivity index is 1.79. The first kappa shape index (κ1) is 15.8. The fourth-order valence-electron chi connectivity index (χ4n) is 2.79. The molecule has 0 saturated carbocycles. The third kappa shape index (κ3) is 5.05. The van der Waals surface area contributed by atoms with E-state index in [0.717, 1.165) is 19.4 Å². The largest absolute Gasteiger partial charge is 0.444 e. The molecule has 1 aromatic carbocycles. The summed E-state index contributed by atoms with van der Waals surface area (Å²) in [5.74, 6) is 0.558. The van der Waals surface area contributed by atoms with Crippen LogP contribution < -0.4 is 10.6 Å². The average molecular weight is 290 g/mol. The maximum atomic E-state index is 11.6. The van der Waals surface area contributed by atoms with E-state index >= 15 is 0 Å². The van der Waals surface area contributed by atoms with Gasteiger partial charge < -0.3 is 15.4 Å². The molecule has 1 aromatic rings. The molecule has 2 rings (SSSR count). The van der Waals surface area contributed by atoms with E-state index in [1.807, 2.05) is 26.8 Å². The van der Waals surface area contributed by atoms with Crippen molar-refractivity contribution >= 4 is 6.09 Å². The van der Waals surface area contributed by atoms with Gasteiger partial charge in [0.05, 0.1) is 0 Å². The molecular formula is C17H26N2O2. The Morgan fingerprint density at radius 1 is 1.33 bits per heavy atom. The monoisotopic (exact) mass is 290 g/mol. The van der Waals surface area contributed by atoms with E-state index in [0.29, 0.717) is 18.5 Å². The molecule has 2 N–H and O–H groups in total. The number of rotatable bonds is 4. The summed E-state index contributed by atoms with van der Waals surface area (Å²) in [6.45, 7) is 7.32. The Kier molecular flexibility index (Phi) is 5.23. The van der Waals surface area contributed by atoms with E-state index < -0.39 is 5.60 Å². The maximum absolute atomic E-state index is 11.6. The van der Waals surface area contributed by atoms with Crippen molar-refractivity contribution < 1.29 is 9.53 Å². The summed E-state index contributed by atoms with van der Waals surface area (Å²) in [7, 11) is 0. The van der Waals surface area contributed by atoms with E-state index in [1.54, 1.807) is 0 Å². The normalized spacial score (nSPS) is 22.0. The number of alkyl carbamates (subject to hydrolysis) is 1. The summed E-state index contributed by atoms with van der Waals surface area (Å²) in [6, 6.07) is 10.9. The third-order valence-corrected chi connectivity index (χ3v) is 3.69. The van der Waals surface area contributed by atoms with Gasteiger partial charge >= 0.3 is 6.09 Å². The summed E-state index contributed by atoms with van der Waals surface area (Å²) >= 11 is 0. The van der Waals surface area contributed by atoms with Gasteiger partial charge in [0, 0.05) is 12.6 Å². The van der Waals surface area contributed by atoms with Gasteiger partial charge in [-0.25, -0.2) is 4.79 Å². The molecule has 1 aliphatic heterocycles. The van der Waals surface area contributed by atoms with Crippen LogP contribution in [0.5, 0.6) is 0 Å². The molecule has 116 valence electrons. The molecule has 2 unspecified atom stereocenters. The molecule has 4 nitrogen and oxygen atoms in total. The van der Waals surface area contributed by atoms with Crippen molar-refractivity contribution in [3.8, 4) is 0 Å². The van der Waals surface area contributed by atoms with Gasteiger partial charge in [-0.3, -0.25) is 0 Å². The highest BCUT2D eigenvalue weighted by Crippen LogP contribution is 2.31. The van der Waals surface area contributed by atoms with Crippen molar-refractivity contribution in [2.24, 2.45) is 5.92 Å².